The number of thiazole rings is 1. The lowest BCUT2D eigenvalue weighted by Gasteiger charge is -2.25. The van der Waals surface area contributed by atoms with Crippen LogP contribution in [0, 0.1) is 6.92 Å². The van der Waals surface area contributed by atoms with E-state index in [1.165, 1.54) is 22.5 Å². The van der Waals surface area contributed by atoms with Crippen LogP contribution in [0.2, 0.25) is 0 Å². The van der Waals surface area contributed by atoms with Crippen molar-refractivity contribution in [3.8, 4) is 16.3 Å². The van der Waals surface area contributed by atoms with Crippen molar-refractivity contribution in [2.45, 2.75) is 26.4 Å². The molecule has 1 unspecified atom stereocenters. The number of nitrogens with zero attached hydrogens (tertiary/aromatic N) is 2. The van der Waals surface area contributed by atoms with Gasteiger partial charge >= 0.3 is 0 Å². The molecular weight excluding hydrogens is 476 g/mol. The number of carbonyl (C=O) groups excluding carboxylic acids is 2. The van der Waals surface area contributed by atoms with Gasteiger partial charge < -0.3 is 19.2 Å². The number of hydrogen-bond donors (Lipinski definition) is 1. The molecule has 0 fully saturated rings. The average molecular weight is 501 g/mol. The third-order valence-corrected chi connectivity index (χ3v) is 7.18. The number of Topliss-reactive ketones (excluding diaryl/α,β-unsaturated/α-hetero) is 1. The number of amides is 1. The van der Waals surface area contributed by atoms with Crippen LogP contribution in [0.3, 0.4) is 0 Å². The first-order valence-corrected chi connectivity index (χ1v) is 12.4. The van der Waals surface area contributed by atoms with Crippen LogP contribution in [0.25, 0.3) is 10.6 Å². The van der Waals surface area contributed by atoms with Gasteiger partial charge in [-0.3, -0.25) is 9.59 Å². The first-order valence-electron chi connectivity index (χ1n) is 11.5. The van der Waals surface area contributed by atoms with Crippen molar-refractivity contribution in [1.82, 2.24) is 9.88 Å². The Balaban J connectivity index is 1.50. The summed E-state index contributed by atoms with van der Waals surface area (Å²) in [5.74, 6) is -0.510. The third-order valence-electron chi connectivity index (χ3n) is 5.97. The SMILES string of the molecule is CCOc1ccc(CN2C(=O)C(O)=C(C(=O)c3sc(-c4ccccc4)nc3C)C2c2ccco2)cc1. The zero-order chi connectivity index (χ0) is 25.2. The van der Waals surface area contributed by atoms with E-state index in [1.54, 1.807) is 19.1 Å². The second-order valence-corrected chi connectivity index (χ2v) is 9.32. The predicted octanol–water partition coefficient (Wildman–Crippen LogP) is 5.89. The Bertz CT molecular complexity index is 1420. The molecule has 0 radical (unpaired) electrons. The summed E-state index contributed by atoms with van der Waals surface area (Å²) in [6.45, 7) is 4.39. The molecule has 1 amide bonds. The summed E-state index contributed by atoms with van der Waals surface area (Å²) in [5.41, 5.74) is 2.25. The van der Waals surface area contributed by atoms with Crippen LogP contribution in [-0.4, -0.2) is 33.3 Å². The lowest BCUT2D eigenvalue weighted by atomic mass is 9.99. The van der Waals surface area contributed by atoms with Crippen molar-refractivity contribution in [2.24, 2.45) is 0 Å². The normalized spacial score (nSPS) is 15.6. The van der Waals surface area contributed by atoms with Gasteiger partial charge in [0.15, 0.2) is 5.76 Å². The highest BCUT2D eigenvalue weighted by atomic mass is 32.1. The van der Waals surface area contributed by atoms with Gasteiger partial charge in [-0.25, -0.2) is 4.98 Å². The van der Waals surface area contributed by atoms with Crippen molar-refractivity contribution in [2.75, 3.05) is 6.61 Å². The Kier molecular flexibility index (Phi) is 6.43. The van der Waals surface area contributed by atoms with E-state index in [-0.39, 0.29) is 12.1 Å². The van der Waals surface area contributed by atoms with E-state index in [9.17, 15) is 14.7 Å². The lowest BCUT2D eigenvalue weighted by Crippen LogP contribution is -2.30. The summed E-state index contributed by atoms with van der Waals surface area (Å²) in [6, 6.07) is 19.5. The van der Waals surface area contributed by atoms with Crippen LogP contribution in [0.1, 0.15) is 39.7 Å². The molecule has 1 N–H and O–H groups in total. The first kappa shape index (κ1) is 23.6. The molecule has 7 nitrogen and oxygen atoms in total. The van der Waals surface area contributed by atoms with Crippen LogP contribution in [0.5, 0.6) is 5.75 Å². The zero-order valence-corrected chi connectivity index (χ0v) is 20.6. The molecule has 182 valence electrons. The maximum atomic E-state index is 13.8. The number of rotatable bonds is 8. The molecule has 1 atom stereocenters. The minimum absolute atomic E-state index is 0.00718. The number of aliphatic hydroxyl groups is 1. The van der Waals surface area contributed by atoms with Gasteiger partial charge in [0.2, 0.25) is 5.78 Å². The van der Waals surface area contributed by atoms with Gasteiger partial charge in [0.05, 0.1) is 29.0 Å². The molecule has 0 saturated carbocycles. The van der Waals surface area contributed by atoms with E-state index in [2.05, 4.69) is 4.98 Å². The largest absolute Gasteiger partial charge is 0.503 e. The van der Waals surface area contributed by atoms with Crippen molar-refractivity contribution in [3.63, 3.8) is 0 Å². The predicted molar refractivity (Wildman–Crippen MR) is 136 cm³/mol. The summed E-state index contributed by atoms with van der Waals surface area (Å²) in [4.78, 5) is 33.4. The standard InChI is InChI=1S/C28H24N2O5S/c1-3-34-20-13-11-18(12-14-20)16-30-23(21-10-7-15-35-21)22(25(32)28(30)33)24(31)26-17(2)29-27(36-26)19-8-5-4-6-9-19/h4-15,23,32H,3,16H2,1-2H3. The van der Waals surface area contributed by atoms with Gasteiger partial charge in [-0.1, -0.05) is 42.5 Å². The van der Waals surface area contributed by atoms with Crippen LogP contribution in [-0.2, 0) is 11.3 Å². The highest BCUT2D eigenvalue weighted by Gasteiger charge is 2.45. The smallest absolute Gasteiger partial charge is 0.290 e. The Hall–Kier alpha value is -4.17. The van der Waals surface area contributed by atoms with E-state index in [4.69, 9.17) is 9.15 Å². The fraction of sp³-hybridized carbons (Fsp3) is 0.179. The molecule has 2 aromatic carbocycles. The van der Waals surface area contributed by atoms with Crippen LogP contribution < -0.4 is 4.74 Å². The lowest BCUT2D eigenvalue weighted by molar-refractivity contribution is -0.130. The van der Waals surface area contributed by atoms with E-state index in [1.807, 2.05) is 61.5 Å². The summed E-state index contributed by atoms with van der Waals surface area (Å²) < 4.78 is 11.1. The highest BCUT2D eigenvalue weighted by molar-refractivity contribution is 7.17. The van der Waals surface area contributed by atoms with Gasteiger partial charge in [-0.05, 0) is 43.7 Å². The topological polar surface area (TPSA) is 92.9 Å². The first-order chi connectivity index (χ1) is 17.5. The molecule has 1 aliphatic rings. The van der Waals surface area contributed by atoms with Gasteiger partial charge in [0.25, 0.3) is 5.91 Å². The minimum atomic E-state index is -0.867. The molecule has 0 spiro atoms. The molecule has 5 rings (SSSR count). The number of furan rings is 1. The molecule has 0 saturated heterocycles. The van der Waals surface area contributed by atoms with Crippen molar-refractivity contribution >= 4 is 23.0 Å². The fourth-order valence-electron chi connectivity index (χ4n) is 4.28. The van der Waals surface area contributed by atoms with Gasteiger partial charge in [0, 0.05) is 12.1 Å². The molecule has 3 heterocycles. The molecule has 0 bridgehead atoms. The minimum Gasteiger partial charge on any atom is -0.503 e. The fourth-order valence-corrected chi connectivity index (χ4v) is 5.31. The molecule has 1 aliphatic heterocycles. The number of benzene rings is 2. The Morgan fingerprint density at radius 2 is 1.86 bits per heavy atom. The zero-order valence-electron chi connectivity index (χ0n) is 19.8. The average Bonchev–Trinajstić information content (AvgIpc) is 3.61. The number of aryl methyl sites for hydroxylation is 1. The second-order valence-electron chi connectivity index (χ2n) is 8.32. The summed E-state index contributed by atoms with van der Waals surface area (Å²) in [6.07, 6.45) is 1.48. The summed E-state index contributed by atoms with van der Waals surface area (Å²) >= 11 is 1.24. The van der Waals surface area contributed by atoms with E-state index in [0.29, 0.717) is 27.9 Å². The van der Waals surface area contributed by atoms with Gasteiger partial charge in [-0.2, -0.15) is 0 Å². The molecule has 8 heteroatoms. The Labute approximate surface area is 212 Å². The molecule has 36 heavy (non-hydrogen) atoms. The molecule has 0 aliphatic carbocycles. The van der Waals surface area contributed by atoms with Crippen LogP contribution in [0.4, 0.5) is 0 Å². The molecular formula is C28H24N2O5S. The quantitative estimate of drug-likeness (QED) is 0.303. The van der Waals surface area contributed by atoms with Gasteiger partial charge in [-0.15, -0.1) is 11.3 Å². The second kappa shape index (κ2) is 9.83. The van der Waals surface area contributed by atoms with Crippen molar-refractivity contribution < 1.29 is 23.8 Å². The number of carbonyl (C=O) groups is 2. The van der Waals surface area contributed by atoms with E-state index >= 15 is 0 Å². The number of ether oxygens (including phenoxy) is 1. The number of ketones is 1. The molecule has 2 aromatic heterocycles. The summed E-state index contributed by atoms with van der Waals surface area (Å²) in [5, 5.41) is 11.6. The number of hydrogen-bond acceptors (Lipinski definition) is 7. The van der Waals surface area contributed by atoms with E-state index in [0.717, 1.165) is 16.9 Å². The van der Waals surface area contributed by atoms with Gasteiger partial charge in [0.1, 0.15) is 22.6 Å². The van der Waals surface area contributed by atoms with Crippen molar-refractivity contribution in [1.29, 1.82) is 0 Å². The Morgan fingerprint density at radius 3 is 2.53 bits per heavy atom. The Morgan fingerprint density at radius 1 is 1.11 bits per heavy atom. The van der Waals surface area contributed by atoms with Crippen LogP contribution >= 0.6 is 11.3 Å². The number of aliphatic hydroxyl groups excluding tert-OH is 1. The van der Waals surface area contributed by atoms with Crippen LogP contribution in [0.15, 0.2) is 88.7 Å². The van der Waals surface area contributed by atoms with E-state index < -0.39 is 23.5 Å². The monoisotopic (exact) mass is 500 g/mol. The third kappa shape index (κ3) is 4.31. The van der Waals surface area contributed by atoms with Crippen molar-refractivity contribution in [3.05, 3.63) is 106 Å². The number of aromatic nitrogens is 1. The maximum Gasteiger partial charge on any atom is 0.290 e. The maximum absolute atomic E-state index is 13.8. The molecule has 4 aromatic rings. The summed E-state index contributed by atoms with van der Waals surface area (Å²) in [7, 11) is 0. The highest BCUT2D eigenvalue weighted by Crippen LogP contribution is 2.42.